The van der Waals surface area contributed by atoms with E-state index in [4.69, 9.17) is 14.8 Å². The zero-order valence-electron chi connectivity index (χ0n) is 9.66. The first-order chi connectivity index (χ1) is 8.08. The summed E-state index contributed by atoms with van der Waals surface area (Å²) in [6.07, 6.45) is 1.58. The summed E-state index contributed by atoms with van der Waals surface area (Å²) in [6.45, 7) is 3.82. The third-order valence-electron chi connectivity index (χ3n) is 2.30. The lowest BCUT2D eigenvalue weighted by Gasteiger charge is -2.10. The zero-order valence-corrected chi connectivity index (χ0v) is 9.66. The number of ether oxygens (including phenoxy) is 1. The van der Waals surface area contributed by atoms with Crippen molar-refractivity contribution in [3.05, 3.63) is 24.4 Å². The van der Waals surface area contributed by atoms with Gasteiger partial charge in [-0.3, -0.25) is 0 Å². The first-order valence-corrected chi connectivity index (χ1v) is 5.36. The predicted octanol–water partition coefficient (Wildman–Crippen LogP) is 0.0968. The number of hydrogen-bond donors (Lipinski definition) is 2. The first kappa shape index (κ1) is 11.8. The summed E-state index contributed by atoms with van der Waals surface area (Å²) in [5.74, 6) is 0.455. The number of benzene rings is 1. The van der Waals surface area contributed by atoms with Gasteiger partial charge in [0.15, 0.2) is 0 Å². The molecule has 0 bridgehead atoms. The number of hydrogen-bond acceptors (Lipinski definition) is 5. The third-order valence-corrected chi connectivity index (χ3v) is 2.30. The van der Waals surface area contributed by atoms with Crippen LogP contribution in [0.4, 0.5) is 0 Å². The molecule has 0 aliphatic heterocycles. The molecular formula is C11H13BN2O3. The van der Waals surface area contributed by atoms with Crippen LogP contribution in [0.5, 0.6) is 5.88 Å². The Balaban J connectivity index is 2.51. The van der Waals surface area contributed by atoms with Crippen LogP contribution in [0.2, 0.25) is 0 Å². The highest BCUT2D eigenvalue weighted by Gasteiger charge is 2.13. The highest BCUT2D eigenvalue weighted by atomic mass is 16.5. The molecule has 0 aliphatic carbocycles. The standard InChI is InChI=1S/C11H13BN2O3/c1-7(2)17-11-10-4-3-9(12(15)16)5-8(10)6-13-14-11/h3-7,15-16H,1-2H3. The summed E-state index contributed by atoms with van der Waals surface area (Å²) in [4.78, 5) is 0. The van der Waals surface area contributed by atoms with Crippen molar-refractivity contribution in [1.29, 1.82) is 0 Å². The molecule has 1 aromatic carbocycles. The molecule has 0 saturated heterocycles. The lowest BCUT2D eigenvalue weighted by atomic mass is 9.80. The van der Waals surface area contributed by atoms with E-state index in [0.717, 1.165) is 10.8 Å². The van der Waals surface area contributed by atoms with Crippen LogP contribution in [0, 0.1) is 0 Å². The molecule has 0 radical (unpaired) electrons. The second-order valence-electron chi connectivity index (χ2n) is 4.04. The third kappa shape index (κ3) is 2.54. The van der Waals surface area contributed by atoms with E-state index >= 15 is 0 Å². The van der Waals surface area contributed by atoms with Crippen molar-refractivity contribution >= 4 is 23.4 Å². The molecule has 2 N–H and O–H groups in total. The monoisotopic (exact) mass is 232 g/mol. The number of nitrogens with zero attached hydrogens (tertiary/aromatic N) is 2. The van der Waals surface area contributed by atoms with Crippen molar-refractivity contribution in [2.24, 2.45) is 0 Å². The van der Waals surface area contributed by atoms with Gasteiger partial charge in [0, 0.05) is 10.8 Å². The van der Waals surface area contributed by atoms with Crippen molar-refractivity contribution in [3.8, 4) is 5.88 Å². The van der Waals surface area contributed by atoms with E-state index in [-0.39, 0.29) is 6.10 Å². The molecule has 0 unspecified atom stereocenters. The van der Waals surface area contributed by atoms with Gasteiger partial charge in [-0.05, 0) is 25.4 Å². The van der Waals surface area contributed by atoms with Crippen molar-refractivity contribution in [2.45, 2.75) is 20.0 Å². The minimum atomic E-state index is -1.48. The van der Waals surface area contributed by atoms with Gasteiger partial charge in [-0.25, -0.2) is 0 Å². The Morgan fingerprint density at radius 2 is 2.06 bits per heavy atom. The van der Waals surface area contributed by atoms with Gasteiger partial charge >= 0.3 is 7.12 Å². The summed E-state index contributed by atoms with van der Waals surface area (Å²) in [6, 6.07) is 5.03. The van der Waals surface area contributed by atoms with Crippen LogP contribution >= 0.6 is 0 Å². The second-order valence-corrected chi connectivity index (χ2v) is 4.04. The smallest absolute Gasteiger partial charge is 0.473 e. The number of fused-ring (bicyclic) bond motifs is 1. The Labute approximate surface area is 99.2 Å². The Morgan fingerprint density at radius 1 is 1.29 bits per heavy atom. The minimum Gasteiger partial charge on any atom is -0.473 e. The van der Waals surface area contributed by atoms with Crippen LogP contribution in [0.15, 0.2) is 24.4 Å². The van der Waals surface area contributed by atoms with Crippen molar-refractivity contribution < 1.29 is 14.8 Å². The van der Waals surface area contributed by atoms with Crippen LogP contribution in [0.1, 0.15) is 13.8 Å². The van der Waals surface area contributed by atoms with E-state index < -0.39 is 7.12 Å². The highest BCUT2D eigenvalue weighted by Crippen LogP contribution is 2.21. The summed E-state index contributed by atoms with van der Waals surface area (Å²) in [5, 5.41) is 27.5. The molecule has 88 valence electrons. The zero-order chi connectivity index (χ0) is 12.4. The van der Waals surface area contributed by atoms with Crippen LogP contribution in [0.3, 0.4) is 0 Å². The minimum absolute atomic E-state index is 0.0120. The molecule has 2 aromatic rings. The van der Waals surface area contributed by atoms with Gasteiger partial charge < -0.3 is 14.8 Å². The van der Waals surface area contributed by atoms with Crippen molar-refractivity contribution in [2.75, 3.05) is 0 Å². The Bertz CT molecular complexity index is 531. The maximum atomic E-state index is 9.09. The van der Waals surface area contributed by atoms with E-state index in [2.05, 4.69) is 10.2 Å². The fourth-order valence-electron chi connectivity index (χ4n) is 1.55. The molecule has 17 heavy (non-hydrogen) atoms. The maximum absolute atomic E-state index is 9.09. The molecule has 0 amide bonds. The van der Waals surface area contributed by atoms with Gasteiger partial charge in [0.25, 0.3) is 0 Å². The topological polar surface area (TPSA) is 75.5 Å². The number of aromatic nitrogens is 2. The molecular weight excluding hydrogens is 219 g/mol. The fraction of sp³-hybridized carbons (Fsp3) is 0.273. The summed E-state index contributed by atoms with van der Waals surface area (Å²) < 4.78 is 5.53. The summed E-state index contributed by atoms with van der Waals surface area (Å²) in [7, 11) is -1.48. The first-order valence-electron chi connectivity index (χ1n) is 5.36. The van der Waals surface area contributed by atoms with Gasteiger partial charge in [0.2, 0.25) is 5.88 Å². The molecule has 6 heteroatoms. The van der Waals surface area contributed by atoms with Crippen LogP contribution < -0.4 is 10.2 Å². The van der Waals surface area contributed by atoms with Crippen LogP contribution in [0.25, 0.3) is 10.8 Å². The Kier molecular flexibility index (Phi) is 3.26. The SMILES string of the molecule is CC(C)Oc1nncc2cc(B(O)O)ccc12. The van der Waals surface area contributed by atoms with Gasteiger partial charge in [0.1, 0.15) is 0 Å². The lowest BCUT2D eigenvalue weighted by molar-refractivity contribution is 0.233. The van der Waals surface area contributed by atoms with E-state index in [1.807, 2.05) is 13.8 Å². The average molecular weight is 232 g/mol. The summed E-state index contributed by atoms with van der Waals surface area (Å²) >= 11 is 0. The molecule has 5 nitrogen and oxygen atoms in total. The highest BCUT2D eigenvalue weighted by molar-refractivity contribution is 6.58. The molecule has 1 aromatic heterocycles. The van der Waals surface area contributed by atoms with Gasteiger partial charge in [0.05, 0.1) is 12.3 Å². The summed E-state index contributed by atoms with van der Waals surface area (Å²) in [5.41, 5.74) is 0.418. The number of rotatable bonds is 3. The molecule has 2 rings (SSSR count). The van der Waals surface area contributed by atoms with E-state index in [1.54, 1.807) is 24.4 Å². The Hall–Kier alpha value is -1.66. The maximum Gasteiger partial charge on any atom is 0.488 e. The average Bonchev–Trinajstić information content (AvgIpc) is 2.28. The van der Waals surface area contributed by atoms with Gasteiger partial charge in [-0.2, -0.15) is 5.10 Å². The Morgan fingerprint density at radius 3 is 2.71 bits per heavy atom. The molecule has 0 aliphatic rings. The predicted molar refractivity (Wildman–Crippen MR) is 65.1 cm³/mol. The van der Waals surface area contributed by atoms with Crippen molar-refractivity contribution in [3.63, 3.8) is 0 Å². The van der Waals surface area contributed by atoms with Crippen LogP contribution in [-0.2, 0) is 0 Å². The molecule has 0 spiro atoms. The second kappa shape index (κ2) is 4.69. The molecule has 0 atom stereocenters. The quantitative estimate of drug-likeness (QED) is 0.734. The molecule has 1 heterocycles. The van der Waals surface area contributed by atoms with E-state index in [9.17, 15) is 0 Å². The van der Waals surface area contributed by atoms with Crippen molar-refractivity contribution in [1.82, 2.24) is 10.2 Å². The molecule has 0 fully saturated rings. The normalized spacial score (nSPS) is 10.9. The molecule has 0 saturated carbocycles. The van der Waals surface area contributed by atoms with Gasteiger partial charge in [-0.15, -0.1) is 5.10 Å². The van der Waals surface area contributed by atoms with E-state index in [0.29, 0.717) is 11.3 Å². The van der Waals surface area contributed by atoms with Gasteiger partial charge in [-0.1, -0.05) is 12.1 Å². The largest absolute Gasteiger partial charge is 0.488 e. The fourth-order valence-corrected chi connectivity index (χ4v) is 1.55. The van der Waals surface area contributed by atoms with E-state index in [1.165, 1.54) is 0 Å². The van der Waals surface area contributed by atoms with Crippen LogP contribution in [-0.4, -0.2) is 33.5 Å². The lowest BCUT2D eigenvalue weighted by Crippen LogP contribution is -2.29.